The van der Waals surface area contributed by atoms with Gasteiger partial charge in [0.25, 0.3) is 0 Å². The van der Waals surface area contributed by atoms with Gasteiger partial charge in [-0.1, -0.05) is 25.9 Å². The molecule has 0 amide bonds. The SMILES string of the molecule is C[C@@H]1[C@H]2C[C@H]([C@H](C[N+](C)(C)C)/C2=N/O)C1(C)C. The van der Waals surface area contributed by atoms with Crippen molar-refractivity contribution in [2.24, 2.45) is 34.2 Å². The molecule has 0 aromatic heterocycles. The van der Waals surface area contributed by atoms with Gasteiger partial charge >= 0.3 is 0 Å². The molecule has 2 bridgehead atoms. The lowest BCUT2D eigenvalue weighted by Gasteiger charge is -2.42. The highest BCUT2D eigenvalue weighted by Gasteiger charge is 2.60. The number of hydrogen-bond acceptors (Lipinski definition) is 2. The molecule has 3 nitrogen and oxygen atoms in total. The molecule has 1 N–H and O–H groups in total. The maximum absolute atomic E-state index is 9.32. The lowest BCUT2D eigenvalue weighted by molar-refractivity contribution is -0.873. The van der Waals surface area contributed by atoms with Crippen molar-refractivity contribution in [2.45, 2.75) is 27.2 Å². The first-order chi connectivity index (χ1) is 7.68. The quantitative estimate of drug-likeness (QED) is 0.448. The molecule has 0 aliphatic heterocycles. The number of quaternary nitrogens is 1. The fourth-order valence-electron chi connectivity index (χ4n) is 4.14. The summed E-state index contributed by atoms with van der Waals surface area (Å²) in [6.07, 6.45) is 1.22. The van der Waals surface area contributed by atoms with Crippen molar-refractivity contribution in [3.63, 3.8) is 0 Å². The van der Waals surface area contributed by atoms with E-state index in [0.717, 1.165) is 16.7 Å². The van der Waals surface area contributed by atoms with Crippen molar-refractivity contribution in [1.82, 2.24) is 0 Å². The van der Waals surface area contributed by atoms with Crippen molar-refractivity contribution in [3.05, 3.63) is 0 Å². The minimum Gasteiger partial charge on any atom is -0.411 e. The van der Waals surface area contributed by atoms with Crippen LogP contribution in [-0.2, 0) is 0 Å². The molecule has 3 heteroatoms. The first-order valence-corrected chi connectivity index (χ1v) is 6.70. The van der Waals surface area contributed by atoms with Crippen LogP contribution in [0.4, 0.5) is 0 Å². The largest absolute Gasteiger partial charge is 0.411 e. The summed E-state index contributed by atoms with van der Waals surface area (Å²) in [5.74, 6) is 2.31. The smallest absolute Gasteiger partial charge is 0.0866 e. The third kappa shape index (κ3) is 1.88. The highest BCUT2D eigenvalue weighted by atomic mass is 16.4. The molecule has 0 saturated heterocycles. The zero-order chi connectivity index (χ0) is 13.0. The summed E-state index contributed by atoms with van der Waals surface area (Å²) in [6.45, 7) is 8.17. The van der Waals surface area contributed by atoms with Crippen molar-refractivity contribution >= 4 is 5.71 Å². The lowest BCUT2D eigenvalue weighted by atomic mass is 9.64. The lowest BCUT2D eigenvalue weighted by Crippen LogP contribution is -2.48. The average Bonchev–Trinajstić information content (AvgIpc) is 2.61. The average molecular weight is 239 g/mol. The van der Waals surface area contributed by atoms with Gasteiger partial charge in [0, 0.05) is 5.92 Å². The number of nitrogens with zero attached hydrogens (tertiary/aromatic N) is 2. The number of fused-ring (bicyclic) bond motifs is 2. The van der Waals surface area contributed by atoms with Gasteiger partial charge in [0.2, 0.25) is 0 Å². The Morgan fingerprint density at radius 1 is 1.35 bits per heavy atom. The van der Waals surface area contributed by atoms with E-state index >= 15 is 0 Å². The number of rotatable bonds is 2. The van der Waals surface area contributed by atoms with Crippen LogP contribution in [0.2, 0.25) is 0 Å². The minimum absolute atomic E-state index is 0.388. The topological polar surface area (TPSA) is 32.6 Å². The van der Waals surface area contributed by atoms with Crippen LogP contribution < -0.4 is 0 Å². The van der Waals surface area contributed by atoms with E-state index in [1.54, 1.807) is 0 Å². The Kier molecular flexibility index (Phi) is 2.81. The van der Waals surface area contributed by atoms with Gasteiger partial charge < -0.3 is 9.69 Å². The summed E-state index contributed by atoms with van der Waals surface area (Å²) in [7, 11) is 6.66. The first-order valence-electron chi connectivity index (χ1n) is 6.70. The minimum atomic E-state index is 0.388. The fraction of sp³-hybridized carbons (Fsp3) is 0.929. The van der Waals surface area contributed by atoms with Crippen LogP contribution in [0.3, 0.4) is 0 Å². The van der Waals surface area contributed by atoms with E-state index in [0.29, 0.717) is 29.1 Å². The summed E-state index contributed by atoms with van der Waals surface area (Å²) in [5.41, 5.74) is 1.47. The molecule has 0 spiro atoms. The predicted molar refractivity (Wildman–Crippen MR) is 70.2 cm³/mol. The number of oxime groups is 1. The molecule has 17 heavy (non-hydrogen) atoms. The second-order valence-electron chi connectivity index (χ2n) is 7.66. The van der Waals surface area contributed by atoms with Gasteiger partial charge in [-0.15, -0.1) is 0 Å². The van der Waals surface area contributed by atoms with E-state index in [1.807, 2.05) is 0 Å². The van der Waals surface area contributed by atoms with Crippen LogP contribution >= 0.6 is 0 Å². The Balaban J connectivity index is 2.29. The Hall–Kier alpha value is -0.570. The van der Waals surface area contributed by atoms with Gasteiger partial charge in [-0.05, 0) is 23.7 Å². The summed E-state index contributed by atoms with van der Waals surface area (Å²) in [6, 6.07) is 0. The molecule has 2 saturated carbocycles. The van der Waals surface area contributed by atoms with Crippen molar-refractivity contribution in [1.29, 1.82) is 0 Å². The second kappa shape index (κ2) is 3.71. The van der Waals surface area contributed by atoms with E-state index in [9.17, 15) is 5.21 Å². The van der Waals surface area contributed by atoms with Crippen LogP contribution in [0.25, 0.3) is 0 Å². The summed E-state index contributed by atoms with van der Waals surface area (Å²) in [5, 5.41) is 13.0. The Morgan fingerprint density at radius 3 is 2.41 bits per heavy atom. The Labute approximate surface area is 105 Å². The van der Waals surface area contributed by atoms with Crippen molar-refractivity contribution in [3.8, 4) is 0 Å². The van der Waals surface area contributed by atoms with Crippen LogP contribution in [-0.4, -0.2) is 43.1 Å². The van der Waals surface area contributed by atoms with Crippen LogP contribution in [0, 0.1) is 29.1 Å². The molecule has 0 aromatic rings. The molecular formula is C14H27N2O+. The molecule has 0 unspecified atom stereocenters. The molecule has 4 atom stereocenters. The second-order valence-corrected chi connectivity index (χ2v) is 7.66. The normalized spacial score (nSPS) is 42.4. The van der Waals surface area contributed by atoms with Crippen LogP contribution in [0.1, 0.15) is 27.2 Å². The van der Waals surface area contributed by atoms with Gasteiger partial charge in [-0.3, -0.25) is 0 Å². The van der Waals surface area contributed by atoms with Crippen LogP contribution in [0.15, 0.2) is 5.16 Å². The maximum Gasteiger partial charge on any atom is 0.0866 e. The van der Waals surface area contributed by atoms with Crippen molar-refractivity contribution in [2.75, 3.05) is 27.7 Å². The highest BCUT2D eigenvalue weighted by molar-refractivity contribution is 5.92. The van der Waals surface area contributed by atoms with Gasteiger partial charge in [-0.2, -0.15) is 0 Å². The van der Waals surface area contributed by atoms with Gasteiger partial charge in [0.15, 0.2) is 0 Å². The van der Waals surface area contributed by atoms with E-state index in [-0.39, 0.29) is 0 Å². The van der Waals surface area contributed by atoms with Crippen LogP contribution in [0.5, 0.6) is 0 Å². The molecule has 2 aliphatic carbocycles. The predicted octanol–water partition coefficient (Wildman–Crippen LogP) is 2.45. The van der Waals surface area contributed by atoms with Gasteiger partial charge in [0.05, 0.1) is 39.3 Å². The molecule has 2 fully saturated rings. The maximum atomic E-state index is 9.32. The molecule has 98 valence electrons. The fourth-order valence-corrected chi connectivity index (χ4v) is 4.14. The third-order valence-electron chi connectivity index (χ3n) is 5.35. The first kappa shape index (κ1) is 12.9. The van der Waals surface area contributed by atoms with Crippen molar-refractivity contribution < 1.29 is 9.69 Å². The van der Waals surface area contributed by atoms with E-state index in [4.69, 9.17) is 0 Å². The molecule has 0 radical (unpaired) electrons. The number of hydrogen-bond donors (Lipinski definition) is 1. The van der Waals surface area contributed by atoms with Gasteiger partial charge in [0.1, 0.15) is 0 Å². The summed E-state index contributed by atoms with van der Waals surface area (Å²) in [4.78, 5) is 0. The van der Waals surface area contributed by atoms with E-state index in [1.165, 1.54) is 6.42 Å². The van der Waals surface area contributed by atoms with E-state index in [2.05, 4.69) is 47.1 Å². The molecule has 2 aliphatic rings. The monoisotopic (exact) mass is 239 g/mol. The van der Waals surface area contributed by atoms with E-state index < -0.39 is 0 Å². The molecule has 2 rings (SSSR count). The standard InChI is InChI=1S/C14H26N2O/c1-9-10-7-12(14(9,2)3)11(13(10)15-17)8-16(4,5)6/h9-12H,7-8H2,1-6H3/p+1/b15-13+/t9-,10-,11+,12-/m1/s1. The Morgan fingerprint density at radius 2 is 1.94 bits per heavy atom. The zero-order valence-corrected chi connectivity index (χ0v) is 12.1. The molecule has 0 aromatic carbocycles. The highest BCUT2D eigenvalue weighted by Crippen LogP contribution is 2.60. The third-order valence-corrected chi connectivity index (χ3v) is 5.35. The summed E-state index contributed by atoms with van der Waals surface area (Å²) < 4.78 is 0.942. The molecule has 0 heterocycles. The Bertz CT molecular complexity index is 341. The summed E-state index contributed by atoms with van der Waals surface area (Å²) >= 11 is 0. The zero-order valence-electron chi connectivity index (χ0n) is 12.1. The molecular weight excluding hydrogens is 212 g/mol. The van der Waals surface area contributed by atoms with Gasteiger partial charge in [-0.25, -0.2) is 0 Å².